The molecular weight excluding hydrogens is 235 g/mol. The van der Waals surface area contributed by atoms with Crippen LogP contribution in [-0.4, -0.2) is 17.1 Å². The van der Waals surface area contributed by atoms with Crippen LogP contribution in [0.2, 0.25) is 10.3 Å². The van der Waals surface area contributed by atoms with Crippen LogP contribution in [0.3, 0.4) is 0 Å². The van der Waals surface area contributed by atoms with Crippen molar-refractivity contribution in [2.45, 2.75) is 26.9 Å². The summed E-state index contributed by atoms with van der Waals surface area (Å²) in [5.41, 5.74) is 0.695. The molecule has 0 saturated carbocycles. The van der Waals surface area contributed by atoms with E-state index >= 15 is 0 Å². The van der Waals surface area contributed by atoms with Crippen LogP contribution in [0, 0.1) is 12.8 Å². The third-order valence-electron chi connectivity index (χ3n) is 2.16. The van der Waals surface area contributed by atoms with Gasteiger partial charge < -0.3 is 4.74 Å². The van der Waals surface area contributed by atoms with Crippen LogP contribution in [0.4, 0.5) is 0 Å². The average Bonchev–Trinajstić information content (AvgIpc) is 2.14. The van der Waals surface area contributed by atoms with Crippen molar-refractivity contribution in [1.82, 2.24) is 9.97 Å². The molecular formula is C10H14Cl2N2O. The third-order valence-corrected chi connectivity index (χ3v) is 2.89. The number of ether oxygens (including phenoxy) is 1. The van der Waals surface area contributed by atoms with Crippen molar-refractivity contribution in [2.24, 2.45) is 5.92 Å². The maximum absolute atomic E-state index is 5.93. The highest BCUT2D eigenvalue weighted by Crippen LogP contribution is 2.27. The van der Waals surface area contributed by atoms with Gasteiger partial charge in [0.2, 0.25) is 0 Å². The van der Waals surface area contributed by atoms with Crippen LogP contribution in [0.1, 0.15) is 31.3 Å². The largest absolute Gasteiger partial charge is 0.373 e. The Balaban J connectivity index is 3.14. The molecule has 0 fully saturated rings. The Kier molecular flexibility index (Phi) is 4.32. The number of rotatable bonds is 3. The number of hydrogen-bond acceptors (Lipinski definition) is 3. The molecule has 15 heavy (non-hydrogen) atoms. The van der Waals surface area contributed by atoms with Gasteiger partial charge in [-0.2, -0.15) is 0 Å². The summed E-state index contributed by atoms with van der Waals surface area (Å²) in [4.78, 5) is 8.34. The first-order valence-corrected chi connectivity index (χ1v) is 5.45. The SMILES string of the molecule is COC(c1nc(Cl)c(C)c(Cl)n1)C(C)C. The van der Waals surface area contributed by atoms with E-state index in [1.54, 1.807) is 14.0 Å². The lowest BCUT2D eigenvalue weighted by molar-refractivity contribution is 0.0574. The number of hydrogen-bond donors (Lipinski definition) is 0. The molecule has 1 aromatic heterocycles. The van der Waals surface area contributed by atoms with Gasteiger partial charge in [-0.1, -0.05) is 37.0 Å². The van der Waals surface area contributed by atoms with Gasteiger partial charge in [-0.3, -0.25) is 0 Å². The zero-order valence-electron chi connectivity index (χ0n) is 9.21. The Morgan fingerprint density at radius 1 is 1.13 bits per heavy atom. The molecule has 5 heteroatoms. The molecule has 1 atom stereocenters. The topological polar surface area (TPSA) is 35.0 Å². The van der Waals surface area contributed by atoms with Crippen molar-refractivity contribution in [1.29, 1.82) is 0 Å². The molecule has 0 aliphatic rings. The molecule has 1 rings (SSSR count). The van der Waals surface area contributed by atoms with Crippen LogP contribution < -0.4 is 0 Å². The van der Waals surface area contributed by atoms with Crippen molar-refractivity contribution in [3.05, 3.63) is 21.7 Å². The normalized spacial score (nSPS) is 13.3. The van der Waals surface area contributed by atoms with Crippen molar-refractivity contribution in [3.8, 4) is 0 Å². The predicted molar refractivity (Wildman–Crippen MR) is 61.4 cm³/mol. The molecule has 0 N–H and O–H groups in total. The first kappa shape index (κ1) is 12.7. The Labute approximate surface area is 99.8 Å². The molecule has 1 aromatic rings. The van der Waals surface area contributed by atoms with Gasteiger partial charge in [0.25, 0.3) is 0 Å². The molecule has 84 valence electrons. The van der Waals surface area contributed by atoms with Crippen LogP contribution in [0.25, 0.3) is 0 Å². The van der Waals surface area contributed by atoms with Gasteiger partial charge in [-0.05, 0) is 12.8 Å². The fourth-order valence-corrected chi connectivity index (χ4v) is 1.68. The summed E-state index contributed by atoms with van der Waals surface area (Å²) in [5.74, 6) is 0.804. The lowest BCUT2D eigenvalue weighted by Crippen LogP contribution is -2.13. The first-order chi connectivity index (χ1) is 6.97. The summed E-state index contributed by atoms with van der Waals surface area (Å²) in [6, 6.07) is 0. The summed E-state index contributed by atoms with van der Waals surface area (Å²) >= 11 is 11.9. The standard InChI is InChI=1S/C10H14Cl2N2O/c1-5(2)7(15-4)10-13-8(11)6(3)9(12)14-10/h5,7H,1-4H3. The summed E-state index contributed by atoms with van der Waals surface area (Å²) in [6.07, 6.45) is -0.180. The van der Waals surface area contributed by atoms with Gasteiger partial charge in [0.1, 0.15) is 16.4 Å². The molecule has 1 heterocycles. The van der Waals surface area contributed by atoms with Crippen LogP contribution >= 0.6 is 23.2 Å². The number of methoxy groups -OCH3 is 1. The Morgan fingerprint density at radius 3 is 1.93 bits per heavy atom. The van der Waals surface area contributed by atoms with Gasteiger partial charge in [0.05, 0.1) is 0 Å². The molecule has 0 bridgehead atoms. The zero-order chi connectivity index (χ0) is 11.6. The number of aromatic nitrogens is 2. The van der Waals surface area contributed by atoms with Gasteiger partial charge in [0, 0.05) is 12.7 Å². The molecule has 1 unspecified atom stereocenters. The van der Waals surface area contributed by atoms with E-state index in [2.05, 4.69) is 9.97 Å². The van der Waals surface area contributed by atoms with E-state index in [1.807, 2.05) is 13.8 Å². The van der Waals surface area contributed by atoms with Crippen LogP contribution in [0.15, 0.2) is 0 Å². The fourth-order valence-electron chi connectivity index (χ4n) is 1.28. The van der Waals surface area contributed by atoms with Crippen molar-refractivity contribution in [2.75, 3.05) is 7.11 Å². The van der Waals surface area contributed by atoms with Gasteiger partial charge in [0.15, 0.2) is 5.82 Å². The Bertz CT molecular complexity index is 332. The minimum Gasteiger partial charge on any atom is -0.373 e. The van der Waals surface area contributed by atoms with Gasteiger partial charge >= 0.3 is 0 Å². The van der Waals surface area contributed by atoms with Crippen molar-refractivity contribution < 1.29 is 4.74 Å². The summed E-state index contributed by atoms with van der Waals surface area (Å²) in [7, 11) is 1.62. The van der Waals surface area contributed by atoms with Crippen molar-refractivity contribution in [3.63, 3.8) is 0 Å². The molecule has 0 amide bonds. The molecule has 3 nitrogen and oxygen atoms in total. The molecule has 0 spiro atoms. The quantitative estimate of drug-likeness (QED) is 0.769. The lowest BCUT2D eigenvalue weighted by atomic mass is 10.1. The predicted octanol–water partition coefficient (Wildman–Crippen LogP) is 3.44. The van der Waals surface area contributed by atoms with E-state index < -0.39 is 0 Å². The van der Waals surface area contributed by atoms with E-state index in [1.165, 1.54) is 0 Å². The summed E-state index contributed by atoms with van der Waals surface area (Å²) in [5, 5.41) is 0.764. The second kappa shape index (κ2) is 5.10. The van der Waals surface area contributed by atoms with Gasteiger partial charge in [-0.15, -0.1) is 0 Å². The van der Waals surface area contributed by atoms with E-state index in [0.29, 0.717) is 21.7 Å². The second-order valence-corrected chi connectivity index (χ2v) is 4.40. The maximum Gasteiger partial charge on any atom is 0.160 e. The van der Waals surface area contributed by atoms with Gasteiger partial charge in [-0.25, -0.2) is 9.97 Å². The van der Waals surface area contributed by atoms with Crippen molar-refractivity contribution >= 4 is 23.2 Å². The second-order valence-electron chi connectivity index (χ2n) is 3.69. The van der Waals surface area contributed by atoms with E-state index in [9.17, 15) is 0 Å². The number of halogens is 2. The summed E-state index contributed by atoms with van der Waals surface area (Å²) < 4.78 is 5.31. The fraction of sp³-hybridized carbons (Fsp3) is 0.600. The smallest absolute Gasteiger partial charge is 0.160 e. The minimum absolute atomic E-state index is 0.180. The Morgan fingerprint density at radius 2 is 1.60 bits per heavy atom. The lowest BCUT2D eigenvalue weighted by Gasteiger charge is -2.18. The maximum atomic E-state index is 5.93. The van der Waals surface area contributed by atoms with E-state index in [0.717, 1.165) is 0 Å². The highest BCUT2D eigenvalue weighted by atomic mass is 35.5. The summed E-state index contributed by atoms with van der Waals surface area (Å²) in [6.45, 7) is 5.84. The highest BCUT2D eigenvalue weighted by Gasteiger charge is 2.20. The molecule has 0 aliphatic carbocycles. The molecule has 0 aliphatic heterocycles. The molecule has 0 radical (unpaired) electrons. The minimum atomic E-state index is -0.180. The average molecular weight is 249 g/mol. The molecule has 0 aromatic carbocycles. The van der Waals surface area contributed by atoms with E-state index in [4.69, 9.17) is 27.9 Å². The van der Waals surface area contributed by atoms with E-state index in [-0.39, 0.29) is 12.0 Å². The zero-order valence-corrected chi connectivity index (χ0v) is 10.7. The third kappa shape index (κ3) is 2.80. The molecule has 0 saturated heterocycles. The first-order valence-electron chi connectivity index (χ1n) is 4.69. The van der Waals surface area contributed by atoms with Crippen LogP contribution in [0.5, 0.6) is 0 Å². The monoisotopic (exact) mass is 248 g/mol. The highest BCUT2D eigenvalue weighted by molar-refractivity contribution is 6.34. The van der Waals surface area contributed by atoms with Crippen LogP contribution in [-0.2, 0) is 4.74 Å². The Hall–Kier alpha value is -0.380. The number of nitrogens with zero attached hydrogens (tertiary/aromatic N) is 2.